The molecular formula is C81H158O17P2. The predicted molar refractivity (Wildman–Crippen MR) is 409 cm³/mol. The SMILES string of the molecule is CCCCCCCCCCCCCCCCCCCCCCCCC(=O)O[C@H](COC(=O)CCCCCCCCCCCCCCCCCCC)COP(=O)(O)OC[C@@H](O)COP(=O)(O)OC[C@@H](COC(=O)CCCCCCCCC)OC(=O)CCCCCCCCCCCCCC(C)C. The summed E-state index contributed by atoms with van der Waals surface area (Å²) in [6.45, 7) is 7.28. The third-order valence-electron chi connectivity index (χ3n) is 19.0. The maximum Gasteiger partial charge on any atom is 0.472 e. The van der Waals surface area contributed by atoms with E-state index in [1.54, 1.807) is 0 Å². The highest BCUT2D eigenvalue weighted by Gasteiger charge is 2.30. The number of esters is 4. The number of phosphoric ester groups is 2. The number of phosphoric acid groups is 2. The van der Waals surface area contributed by atoms with E-state index in [1.165, 1.54) is 244 Å². The van der Waals surface area contributed by atoms with E-state index in [1.807, 2.05) is 0 Å². The molecule has 0 radical (unpaired) electrons. The van der Waals surface area contributed by atoms with Crippen molar-refractivity contribution < 1.29 is 80.2 Å². The molecule has 0 aromatic heterocycles. The van der Waals surface area contributed by atoms with Crippen LogP contribution < -0.4 is 0 Å². The van der Waals surface area contributed by atoms with Crippen LogP contribution in [-0.4, -0.2) is 96.7 Å². The molecule has 0 aliphatic heterocycles. The molecule has 594 valence electrons. The summed E-state index contributed by atoms with van der Waals surface area (Å²) >= 11 is 0. The van der Waals surface area contributed by atoms with Gasteiger partial charge < -0.3 is 33.8 Å². The van der Waals surface area contributed by atoms with E-state index in [0.717, 1.165) is 109 Å². The van der Waals surface area contributed by atoms with Crippen molar-refractivity contribution in [2.45, 2.75) is 451 Å². The second-order valence-corrected chi connectivity index (χ2v) is 32.5. The van der Waals surface area contributed by atoms with E-state index < -0.39 is 97.5 Å². The zero-order valence-corrected chi connectivity index (χ0v) is 67.1. The van der Waals surface area contributed by atoms with Crippen LogP contribution in [0.2, 0.25) is 0 Å². The van der Waals surface area contributed by atoms with E-state index in [4.69, 9.17) is 37.0 Å². The first-order chi connectivity index (χ1) is 48.5. The van der Waals surface area contributed by atoms with Crippen molar-refractivity contribution in [1.82, 2.24) is 0 Å². The lowest BCUT2D eigenvalue weighted by atomic mass is 10.0. The lowest BCUT2D eigenvalue weighted by molar-refractivity contribution is -0.161. The van der Waals surface area contributed by atoms with Crippen molar-refractivity contribution in [3.05, 3.63) is 0 Å². The summed E-state index contributed by atoms with van der Waals surface area (Å²) in [7, 11) is -9.91. The minimum atomic E-state index is -4.96. The molecule has 0 aliphatic rings. The van der Waals surface area contributed by atoms with Crippen LogP contribution in [0.3, 0.4) is 0 Å². The van der Waals surface area contributed by atoms with Crippen molar-refractivity contribution in [1.29, 1.82) is 0 Å². The van der Waals surface area contributed by atoms with Crippen LogP contribution in [0.4, 0.5) is 0 Å². The molecule has 0 heterocycles. The fraction of sp³-hybridized carbons (Fsp3) is 0.951. The molecule has 0 fully saturated rings. The van der Waals surface area contributed by atoms with Crippen LogP contribution in [-0.2, 0) is 65.4 Å². The number of hydrogen-bond donors (Lipinski definition) is 3. The minimum Gasteiger partial charge on any atom is -0.462 e. The summed E-state index contributed by atoms with van der Waals surface area (Å²) in [5.74, 6) is -1.35. The van der Waals surface area contributed by atoms with Gasteiger partial charge in [-0.05, 0) is 31.6 Å². The van der Waals surface area contributed by atoms with Gasteiger partial charge in [-0.15, -0.1) is 0 Å². The van der Waals surface area contributed by atoms with Crippen LogP contribution in [0.15, 0.2) is 0 Å². The third-order valence-corrected chi connectivity index (χ3v) is 20.9. The van der Waals surface area contributed by atoms with Crippen molar-refractivity contribution in [2.24, 2.45) is 5.92 Å². The molecule has 2 unspecified atom stereocenters. The number of carbonyl (C=O) groups excluding carboxylic acids is 4. The first-order valence-electron chi connectivity index (χ1n) is 42.1. The number of rotatable bonds is 81. The Hall–Kier alpha value is -1.94. The first-order valence-corrected chi connectivity index (χ1v) is 45.1. The smallest absolute Gasteiger partial charge is 0.462 e. The Morgan fingerprint density at radius 2 is 0.460 bits per heavy atom. The molecule has 5 atom stereocenters. The van der Waals surface area contributed by atoms with Gasteiger partial charge in [0.05, 0.1) is 26.4 Å². The molecule has 0 saturated heterocycles. The number of hydrogen-bond acceptors (Lipinski definition) is 15. The van der Waals surface area contributed by atoms with Gasteiger partial charge in [-0.1, -0.05) is 381 Å². The van der Waals surface area contributed by atoms with Gasteiger partial charge in [-0.2, -0.15) is 0 Å². The second-order valence-electron chi connectivity index (χ2n) is 29.6. The van der Waals surface area contributed by atoms with Gasteiger partial charge in [0.2, 0.25) is 0 Å². The molecule has 0 amide bonds. The van der Waals surface area contributed by atoms with Crippen molar-refractivity contribution >= 4 is 39.5 Å². The Bertz CT molecular complexity index is 1910. The summed E-state index contributed by atoms with van der Waals surface area (Å²) in [5.41, 5.74) is 0. The monoisotopic (exact) mass is 1470 g/mol. The van der Waals surface area contributed by atoms with Gasteiger partial charge in [-0.25, -0.2) is 9.13 Å². The van der Waals surface area contributed by atoms with E-state index in [2.05, 4.69) is 34.6 Å². The molecule has 3 N–H and O–H groups in total. The van der Waals surface area contributed by atoms with Crippen LogP contribution >= 0.6 is 15.6 Å². The fourth-order valence-electron chi connectivity index (χ4n) is 12.6. The summed E-state index contributed by atoms with van der Waals surface area (Å²) in [6.07, 6.45) is 65.5. The Morgan fingerprint density at radius 1 is 0.270 bits per heavy atom. The van der Waals surface area contributed by atoms with Crippen LogP contribution in [0, 0.1) is 5.92 Å². The van der Waals surface area contributed by atoms with Gasteiger partial charge in [-0.3, -0.25) is 37.3 Å². The van der Waals surface area contributed by atoms with E-state index in [-0.39, 0.29) is 25.7 Å². The van der Waals surface area contributed by atoms with Crippen molar-refractivity contribution in [2.75, 3.05) is 39.6 Å². The second kappa shape index (κ2) is 73.9. The average Bonchev–Trinajstić information content (AvgIpc) is 0.933. The van der Waals surface area contributed by atoms with Crippen LogP contribution in [0.25, 0.3) is 0 Å². The molecule has 0 saturated carbocycles. The summed E-state index contributed by atoms with van der Waals surface area (Å²) in [6, 6.07) is 0. The highest BCUT2D eigenvalue weighted by atomic mass is 31.2. The number of aliphatic hydroxyl groups excluding tert-OH is 1. The first kappa shape index (κ1) is 98.1. The molecule has 0 spiro atoms. The third kappa shape index (κ3) is 74.3. The summed E-state index contributed by atoms with van der Waals surface area (Å²) in [5, 5.41) is 10.6. The largest absolute Gasteiger partial charge is 0.472 e. The van der Waals surface area contributed by atoms with Crippen molar-refractivity contribution in [3.8, 4) is 0 Å². The Labute approximate surface area is 613 Å². The van der Waals surface area contributed by atoms with E-state index in [0.29, 0.717) is 25.7 Å². The van der Waals surface area contributed by atoms with E-state index >= 15 is 0 Å². The number of ether oxygens (including phenoxy) is 4. The summed E-state index contributed by atoms with van der Waals surface area (Å²) in [4.78, 5) is 72.9. The number of unbranched alkanes of at least 4 members (excludes halogenated alkanes) is 53. The molecule has 0 aliphatic carbocycles. The molecule has 100 heavy (non-hydrogen) atoms. The maximum atomic E-state index is 13.1. The highest BCUT2D eigenvalue weighted by Crippen LogP contribution is 2.45. The van der Waals surface area contributed by atoms with Gasteiger partial charge in [0, 0.05) is 25.7 Å². The molecule has 0 aromatic rings. The number of carbonyl (C=O) groups is 4. The molecule has 0 rings (SSSR count). The molecule has 0 bridgehead atoms. The fourth-order valence-corrected chi connectivity index (χ4v) is 14.2. The van der Waals surface area contributed by atoms with E-state index in [9.17, 15) is 43.2 Å². The number of aliphatic hydroxyl groups is 1. The van der Waals surface area contributed by atoms with Crippen molar-refractivity contribution in [3.63, 3.8) is 0 Å². The molecule has 0 aromatic carbocycles. The molecule has 17 nitrogen and oxygen atoms in total. The standard InChI is InChI=1S/C81H158O17P2/c1-6-9-12-15-18-20-22-24-26-28-29-30-31-32-34-36-38-42-46-51-56-61-66-80(85)98-77(71-92-79(84)65-60-55-50-45-41-37-35-33-27-25-23-21-19-16-13-10-7-2)73-96-100(89,90)94-69-75(82)68-93-99(87,88)95-72-76(70-91-78(83)64-59-54-48-17-14-11-8-3)97-81(86)67-62-57-52-47-43-39-40-44-49-53-58-63-74(4)5/h74-77,82H,6-73H2,1-5H3,(H,87,88)(H,89,90)/t75-,76+,77+/m0/s1. The maximum absolute atomic E-state index is 13.1. The lowest BCUT2D eigenvalue weighted by Gasteiger charge is -2.21. The van der Waals surface area contributed by atoms with Gasteiger partial charge in [0.1, 0.15) is 19.3 Å². The van der Waals surface area contributed by atoms with Gasteiger partial charge in [0.15, 0.2) is 12.2 Å². The quantitative estimate of drug-likeness (QED) is 0.0222. The predicted octanol–water partition coefficient (Wildman–Crippen LogP) is 24.4. The normalized spacial score (nSPS) is 13.8. The zero-order chi connectivity index (χ0) is 73.4. The Morgan fingerprint density at radius 3 is 0.680 bits per heavy atom. The zero-order valence-electron chi connectivity index (χ0n) is 65.3. The summed E-state index contributed by atoms with van der Waals surface area (Å²) < 4.78 is 68.6. The molecular weight excluding hydrogens is 1310 g/mol. The van der Waals surface area contributed by atoms with Gasteiger partial charge in [0.25, 0.3) is 0 Å². The topological polar surface area (TPSA) is 237 Å². The van der Waals surface area contributed by atoms with Gasteiger partial charge >= 0.3 is 39.5 Å². The lowest BCUT2D eigenvalue weighted by Crippen LogP contribution is -2.30. The Kier molecular flexibility index (Phi) is 72.5. The average molecular weight is 1470 g/mol. The molecule has 19 heteroatoms. The van der Waals surface area contributed by atoms with Crippen LogP contribution in [0.1, 0.15) is 433 Å². The van der Waals surface area contributed by atoms with Crippen LogP contribution in [0.5, 0.6) is 0 Å². The highest BCUT2D eigenvalue weighted by molar-refractivity contribution is 7.47. The minimum absolute atomic E-state index is 0.107. The Balaban J connectivity index is 5.16.